The van der Waals surface area contributed by atoms with E-state index in [1.165, 1.54) is 11.3 Å². The molecule has 0 bridgehead atoms. The van der Waals surface area contributed by atoms with Crippen molar-refractivity contribution < 1.29 is 8.42 Å². The Morgan fingerprint density at radius 1 is 1.62 bits per heavy atom. The van der Waals surface area contributed by atoms with Gasteiger partial charge in [-0.25, -0.2) is 13.4 Å². The van der Waals surface area contributed by atoms with E-state index in [2.05, 4.69) is 31.0 Å². The van der Waals surface area contributed by atoms with E-state index in [0.29, 0.717) is 18.1 Å². The van der Waals surface area contributed by atoms with Crippen LogP contribution in [0.15, 0.2) is 9.98 Å². The van der Waals surface area contributed by atoms with E-state index >= 15 is 0 Å². The number of halogens is 1. The third kappa shape index (κ3) is 2.93. The van der Waals surface area contributed by atoms with Crippen LogP contribution >= 0.6 is 27.3 Å². The molecule has 1 saturated heterocycles. The molecule has 1 atom stereocenters. The fourth-order valence-corrected chi connectivity index (χ4v) is 4.34. The van der Waals surface area contributed by atoms with Crippen LogP contribution in [0.5, 0.6) is 0 Å². The number of sulfonamides is 1. The van der Waals surface area contributed by atoms with Crippen molar-refractivity contribution in [1.82, 2.24) is 10.3 Å². The highest BCUT2D eigenvalue weighted by Crippen LogP contribution is 2.25. The first-order chi connectivity index (χ1) is 7.58. The summed E-state index contributed by atoms with van der Waals surface area (Å²) < 4.78 is 27.3. The van der Waals surface area contributed by atoms with Gasteiger partial charge in [0, 0.05) is 6.54 Å². The number of hydrogen-bond acceptors (Lipinski definition) is 5. The minimum Gasteiger partial charge on any atom is -0.315 e. The smallest absolute Gasteiger partial charge is 0.238 e. The maximum Gasteiger partial charge on any atom is 0.238 e. The van der Waals surface area contributed by atoms with Gasteiger partial charge in [-0.05, 0) is 35.3 Å². The number of hydrogen-bond donors (Lipinski definition) is 2. The second kappa shape index (κ2) is 4.99. The van der Waals surface area contributed by atoms with Gasteiger partial charge >= 0.3 is 0 Å². The van der Waals surface area contributed by atoms with Crippen LogP contribution in [-0.2, 0) is 10.0 Å². The molecule has 2 heterocycles. The molecule has 1 fully saturated rings. The Bertz CT molecular complexity index is 454. The highest BCUT2D eigenvalue weighted by atomic mass is 79.9. The summed E-state index contributed by atoms with van der Waals surface area (Å²) in [6.45, 7) is 1.41. The monoisotopic (exact) mass is 325 g/mol. The lowest BCUT2D eigenvalue weighted by Gasteiger charge is -2.22. The van der Waals surface area contributed by atoms with E-state index in [1.807, 2.05) is 0 Å². The molecule has 0 amide bonds. The van der Waals surface area contributed by atoms with Gasteiger partial charge < -0.3 is 5.32 Å². The van der Waals surface area contributed by atoms with Crippen LogP contribution in [0.25, 0.3) is 0 Å². The van der Waals surface area contributed by atoms with Crippen molar-refractivity contribution in [3.8, 4) is 0 Å². The van der Waals surface area contributed by atoms with Gasteiger partial charge in [-0.3, -0.25) is 4.72 Å². The average molecular weight is 326 g/mol. The molecule has 1 aromatic rings. The molecule has 1 aliphatic heterocycles. The lowest BCUT2D eigenvalue weighted by molar-refractivity contribution is 0.499. The second-order valence-corrected chi connectivity index (χ2v) is 7.96. The van der Waals surface area contributed by atoms with Crippen molar-refractivity contribution in [3.05, 3.63) is 9.98 Å². The zero-order chi connectivity index (χ0) is 11.6. The van der Waals surface area contributed by atoms with Crippen LogP contribution in [0.3, 0.4) is 0 Å². The quantitative estimate of drug-likeness (QED) is 0.881. The first kappa shape index (κ1) is 12.3. The van der Waals surface area contributed by atoms with Gasteiger partial charge in [-0.2, -0.15) is 0 Å². The molecular formula is C8H12BrN3O2S2. The van der Waals surface area contributed by atoms with E-state index in [1.54, 1.807) is 6.20 Å². The third-order valence-electron chi connectivity index (χ3n) is 2.40. The predicted molar refractivity (Wildman–Crippen MR) is 68.2 cm³/mol. The van der Waals surface area contributed by atoms with E-state index < -0.39 is 10.0 Å². The molecule has 0 spiro atoms. The molecule has 2 N–H and O–H groups in total. The van der Waals surface area contributed by atoms with Crippen LogP contribution in [0.1, 0.15) is 12.8 Å². The van der Waals surface area contributed by atoms with Crippen molar-refractivity contribution in [1.29, 1.82) is 0 Å². The molecule has 90 valence electrons. The maximum atomic E-state index is 12.0. The van der Waals surface area contributed by atoms with E-state index in [9.17, 15) is 8.42 Å². The van der Waals surface area contributed by atoms with Crippen LogP contribution in [0.2, 0.25) is 0 Å². The van der Waals surface area contributed by atoms with Crippen molar-refractivity contribution in [2.45, 2.75) is 18.1 Å². The number of piperidine rings is 1. The molecule has 8 heteroatoms. The van der Waals surface area contributed by atoms with Gasteiger partial charge in [0.05, 0.1) is 15.2 Å². The Hall–Kier alpha value is -0.180. The summed E-state index contributed by atoms with van der Waals surface area (Å²) in [6.07, 6.45) is 3.18. The third-order valence-corrected chi connectivity index (χ3v) is 5.68. The highest BCUT2D eigenvalue weighted by Gasteiger charge is 2.27. The van der Waals surface area contributed by atoms with Crippen LogP contribution in [0.4, 0.5) is 5.13 Å². The molecule has 2 rings (SSSR count). The molecule has 1 unspecified atom stereocenters. The van der Waals surface area contributed by atoms with Gasteiger partial charge in [0.1, 0.15) is 0 Å². The van der Waals surface area contributed by atoms with Crippen LogP contribution < -0.4 is 10.0 Å². The van der Waals surface area contributed by atoms with Gasteiger partial charge in [0.25, 0.3) is 0 Å². The minimum absolute atomic E-state index is 0.357. The van der Waals surface area contributed by atoms with Crippen molar-refractivity contribution in [3.63, 3.8) is 0 Å². The van der Waals surface area contributed by atoms with E-state index in [0.717, 1.165) is 16.8 Å². The first-order valence-electron chi connectivity index (χ1n) is 4.91. The minimum atomic E-state index is -3.31. The fraction of sp³-hybridized carbons (Fsp3) is 0.625. The van der Waals surface area contributed by atoms with Crippen molar-refractivity contribution >= 4 is 42.4 Å². The zero-order valence-corrected chi connectivity index (χ0v) is 11.7. The van der Waals surface area contributed by atoms with Gasteiger partial charge in [-0.15, -0.1) is 0 Å². The Labute approximate surface area is 107 Å². The predicted octanol–water partition coefficient (Wildman–Crippen LogP) is 1.40. The van der Waals surface area contributed by atoms with Crippen molar-refractivity contribution in [2.75, 3.05) is 17.8 Å². The summed E-state index contributed by atoms with van der Waals surface area (Å²) in [5.41, 5.74) is 0. The Morgan fingerprint density at radius 2 is 2.44 bits per heavy atom. The number of anilines is 1. The lowest BCUT2D eigenvalue weighted by atomic mass is 10.2. The molecule has 0 aliphatic carbocycles. The van der Waals surface area contributed by atoms with Gasteiger partial charge in [0.15, 0.2) is 5.13 Å². The maximum absolute atomic E-state index is 12.0. The Morgan fingerprint density at radius 3 is 3.00 bits per heavy atom. The summed E-state index contributed by atoms with van der Waals surface area (Å²) in [7, 11) is -3.31. The molecular weight excluding hydrogens is 314 g/mol. The number of thiazole rings is 1. The van der Waals surface area contributed by atoms with Crippen molar-refractivity contribution in [2.24, 2.45) is 0 Å². The second-order valence-electron chi connectivity index (χ2n) is 3.58. The van der Waals surface area contributed by atoms with E-state index in [4.69, 9.17) is 0 Å². The number of aromatic nitrogens is 1. The van der Waals surface area contributed by atoms with Crippen LogP contribution in [-0.4, -0.2) is 31.7 Å². The largest absolute Gasteiger partial charge is 0.315 e. The Balaban J connectivity index is 2.07. The van der Waals surface area contributed by atoms with Gasteiger partial charge in [0.2, 0.25) is 10.0 Å². The molecule has 0 aromatic carbocycles. The van der Waals surface area contributed by atoms with Crippen LogP contribution in [0, 0.1) is 0 Å². The standard InChI is InChI=1S/C8H12BrN3O2S2/c9-7-5-11-8(15-7)12-16(13,14)6-2-1-3-10-4-6/h5-6,10H,1-4H2,(H,11,12). The number of nitrogens with zero attached hydrogens (tertiary/aromatic N) is 1. The molecule has 0 saturated carbocycles. The normalized spacial score (nSPS) is 21.9. The molecule has 1 aliphatic rings. The summed E-state index contributed by atoms with van der Waals surface area (Å²) in [6, 6.07) is 0. The summed E-state index contributed by atoms with van der Waals surface area (Å²) in [4.78, 5) is 3.96. The fourth-order valence-electron chi connectivity index (χ4n) is 1.59. The molecule has 5 nitrogen and oxygen atoms in total. The molecule has 1 aromatic heterocycles. The number of rotatable bonds is 3. The first-order valence-corrected chi connectivity index (χ1v) is 8.07. The average Bonchev–Trinajstić information content (AvgIpc) is 2.64. The summed E-state index contributed by atoms with van der Waals surface area (Å²) in [5.74, 6) is 0. The Kier molecular flexibility index (Phi) is 3.83. The van der Waals surface area contributed by atoms with Gasteiger partial charge in [-0.1, -0.05) is 11.3 Å². The summed E-state index contributed by atoms with van der Waals surface area (Å²) in [5, 5.41) is 3.14. The molecule has 16 heavy (non-hydrogen) atoms. The zero-order valence-electron chi connectivity index (χ0n) is 8.44. The molecule has 0 radical (unpaired) electrons. The summed E-state index contributed by atoms with van der Waals surface area (Å²) >= 11 is 4.52. The van der Waals surface area contributed by atoms with E-state index in [-0.39, 0.29) is 5.25 Å². The lowest BCUT2D eigenvalue weighted by Crippen LogP contribution is -2.41. The highest BCUT2D eigenvalue weighted by molar-refractivity contribution is 9.11. The number of nitrogens with one attached hydrogen (secondary N) is 2. The SMILES string of the molecule is O=S(=O)(Nc1ncc(Br)s1)C1CCCNC1. The topological polar surface area (TPSA) is 71.1 Å².